The molecule has 0 spiro atoms. The molecule has 0 saturated carbocycles. The van der Waals surface area contributed by atoms with Crippen LogP contribution in [0.3, 0.4) is 0 Å². The smallest absolute Gasteiger partial charge is 0.201 e. The van der Waals surface area contributed by atoms with E-state index >= 15 is 0 Å². The van der Waals surface area contributed by atoms with Gasteiger partial charge in [0, 0.05) is 5.54 Å². The summed E-state index contributed by atoms with van der Waals surface area (Å²) >= 11 is 0. The van der Waals surface area contributed by atoms with Crippen molar-refractivity contribution < 1.29 is 4.74 Å². The van der Waals surface area contributed by atoms with Gasteiger partial charge in [-0.25, -0.2) is 4.98 Å². The number of nitrogen functional groups attached to an aromatic ring is 1. The Hall–Kier alpha value is -1.71. The van der Waals surface area contributed by atoms with Crippen LogP contribution in [-0.2, 0) is 5.54 Å². The lowest BCUT2D eigenvalue weighted by atomic mass is 9.95. The van der Waals surface area contributed by atoms with Crippen LogP contribution in [0.15, 0.2) is 18.2 Å². The van der Waals surface area contributed by atoms with Gasteiger partial charge < -0.3 is 15.0 Å². The summed E-state index contributed by atoms with van der Waals surface area (Å²) in [6.45, 7) is 10.6. The fourth-order valence-electron chi connectivity index (χ4n) is 2.57. The molecule has 1 aromatic carbocycles. The highest BCUT2D eigenvalue weighted by atomic mass is 16.5. The summed E-state index contributed by atoms with van der Waals surface area (Å²) < 4.78 is 7.99. The number of nitrogens with two attached hydrogens (primary N) is 1. The van der Waals surface area contributed by atoms with Crippen molar-refractivity contribution in [2.45, 2.75) is 59.1 Å². The third kappa shape index (κ3) is 2.35. The third-order valence-corrected chi connectivity index (χ3v) is 4.10. The molecule has 2 aromatic rings. The minimum atomic E-state index is -0.0186. The molecule has 0 atom stereocenters. The first-order chi connectivity index (χ1) is 9.42. The van der Waals surface area contributed by atoms with Crippen molar-refractivity contribution in [2.24, 2.45) is 0 Å². The minimum Gasteiger partial charge on any atom is -0.489 e. The SMILES string of the molecule is CCC(C)(CC)n1c(N)nc2c(OC(C)C)cccc21. The van der Waals surface area contributed by atoms with E-state index in [4.69, 9.17) is 10.5 Å². The maximum atomic E-state index is 6.19. The molecule has 0 unspecified atom stereocenters. The summed E-state index contributed by atoms with van der Waals surface area (Å²) in [4.78, 5) is 4.54. The van der Waals surface area contributed by atoms with Crippen molar-refractivity contribution in [1.29, 1.82) is 0 Å². The average Bonchev–Trinajstić information content (AvgIpc) is 2.75. The highest BCUT2D eigenvalue weighted by Crippen LogP contribution is 2.35. The number of fused-ring (bicyclic) bond motifs is 1. The van der Waals surface area contributed by atoms with E-state index in [1.54, 1.807) is 0 Å². The Bertz CT molecular complexity index is 597. The third-order valence-electron chi connectivity index (χ3n) is 4.10. The number of anilines is 1. The number of benzene rings is 1. The van der Waals surface area contributed by atoms with Crippen LogP contribution < -0.4 is 10.5 Å². The van der Waals surface area contributed by atoms with E-state index in [0.29, 0.717) is 5.95 Å². The molecule has 2 rings (SSSR count). The molecular weight excluding hydrogens is 250 g/mol. The number of nitrogens with zero attached hydrogens (tertiary/aromatic N) is 2. The van der Waals surface area contributed by atoms with Gasteiger partial charge in [-0.15, -0.1) is 0 Å². The highest BCUT2D eigenvalue weighted by molar-refractivity contribution is 5.84. The fraction of sp³-hybridized carbons (Fsp3) is 0.562. The van der Waals surface area contributed by atoms with E-state index in [2.05, 4.69) is 36.4 Å². The van der Waals surface area contributed by atoms with Crippen LogP contribution >= 0.6 is 0 Å². The van der Waals surface area contributed by atoms with Crippen molar-refractivity contribution in [2.75, 3.05) is 5.73 Å². The van der Waals surface area contributed by atoms with Crippen molar-refractivity contribution in [3.8, 4) is 5.75 Å². The summed E-state index contributed by atoms with van der Waals surface area (Å²) in [6.07, 6.45) is 2.14. The van der Waals surface area contributed by atoms with Crippen LogP contribution in [0.1, 0.15) is 47.5 Å². The molecule has 0 fully saturated rings. The first kappa shape index (κ1) is 14.7. The number of aromatic nitrogens is 2. The van der Waals surface area contributed by atoms with Gasteiger partial charge in [0.05, 0.1) is 11.6 Å². The van der Waals surface area contributed by atoms with Crippen LogP contribution in [-0.4, -0.2) is 15.7 Å². The van der Waals surface area contributed by atoms with Gasteiger partial charge in [0.25, 0.3) is 0 Å². The van der Waals surface area contributed by atoms with Gasteiger partial charge in [-0.05, 0) is 45.7 Å². The first-order valence-electron chi connectivity index (χ1n) is 7.37. The van der Waals surface area contributed by atoms with Crippen molar-refractivity contribution >= 4 is 17.0 Å². The van der Waals surface area contributed by atoms with Gasteiger partial charge in [-0.2, -0.15) is 0 Å². The zero-order chi connectivity index (χ0) is 14.9. The molecule has 0 aliphatic rings. The molecule has 0 radical (unpaired) electrons. The lowest BCUT2D eigenvalue weighted by molar-refractivity contribution is 0.245. The molecular formula is C16H25N3O. The molecule has 1 heterocycles. The average molecular weight is 275 g/mol. The summed E-state index contributed by atoms with van der Waals surface area (Å²) in [6, 6.07) is 6.02. The van der Waals surface area contributed by atoms with E-state index in [1.165, 1.54) is 0 Å². The van der Waals surface area contributed by atoms with Crippen LogP contribution in [0.25, 0.3) is 11.0 Å². The van der Waals surface area contributed by atoms with Gasteiger partial charge in [0.2, 0.25) is 5.95 Å². The monoisotopic (exact) mass is 275 g/mol. The maximum Gasteiger partial charge on any atom is 0.201 e. The zero-order valence-corrected chi connectivity index (χ0v) is 13.1. The first-order valence-corrected chi connectivity index (χ1v) is 7.37. The molecule has 4 nitrogen and oxygen atoms in total. The Labute approximate surface area is 120 Å². The number of ether oxygens (including phenoxy) is 1. The predicted octanol–water partition coefficient (Wildman–Crippen LogP) is 3.94. The Morgan fingerprint density at radius 2 is 1.95 bits per heavy atom. The topological polar surface area (TPSA) is 53.1 Å². The maximum absolute atomic E-state index is 6.19. The standard InChI is InChI=1S/C16H25N3O/c1-6-16(5,7-2)19-12-9-8-10-13(20-11(3)4)14(12)18-15(19)17/h8-11H,6-7H2,1-5H3,(H2,17,18). The summed E-state index contributed by atoms with van der Waals surface area (Å²) in [7, 11) is 0. The van der Waals surface area contributed by atoms with E-state index in [0.717, 1.165) is 29.6 Å². The summed E-state index contributed by atoms with van der Waals surface area (Å²) in [5, 5.41) is 0. The second-order valence-electron chi connectivity index (χ2n) is 5.80. The number of para-hydroxylation sites is 1. The van der Waals surface area contributed by atoms with Gasteiger partial charge >= 0.3 is 0 Å². The Morgan fingerprint density at radius 3 is 2.50 bits per heavy atom. The van der Waals surface area contributed by atoms with Crippen LogP contribution in [0.5, 0.6) is 5.75 Å². The minimum absolute atomic E-state index is 0.0186. The van der Waals surface area contributed by atoms with Gasteiger partial charge in [-0.1, -0.05) is 19.9 Å². The Kier molecular flexibility index (Phi) is 3.93. The van der Waals surface area contributed by atoms with Crippen LogP contribution in [0, 0.1) is 0 Å². The molecule has 4 heteroatoms. The lowest BCUT2D eigenvalue weighted by Gasteiger charge is -2.30. The number of hydrogen-bond acceptors (Lipinski definition) is 3. The predicted molar refractivity (Wildman–Crippen MR) is 84.1 cm³/mol. The van der Waals surface area contributed by atoms with E-state index in [-0.39, 0.29) is 11.6 Å². The van der Waals surface area contributed by atoms with Crippen molar-refractivity contribution in [3.05, 3.63) is 18.2 Å². The summed E-state index contributed by atoms with van der Waals surface area (Å²) in [5.74, 6) is 1.36. The van der Waals surface area contributed by atoms with Crippen LogP contribution in [0.4, 0.5) is 5.95 Å². The molecule has 1 aromatic heterocycles. The number of rotatable bonds is 5. The van der Waals surface area contributed by atoms with Gasteiger partial charge in [-0.3, -0.25) is 0 Å². The summed E-state index contributed by atoms with van der Waals surface area (Å²) in [5.41, 5.74) is 8.07. The van der Waals surface area contributed by atoms with E-state index in [1.807, 2.05) is 26.0 Å². The molecule has 0 bridgehead atoms. The van der Waals surface area contributed by atoms with Crippen molar-refractivity contribution in [3.63, 3.8) is 0 Å². The highest BCUT2D eigenvalue weighted by Gasteiger charge is 2.27. The van der Waals surface area contributed by atoms with E-state index < -0.39 is 0 Å². The molecule has 0 saturated heterocycles. The fourth-order valence-corrected chi connectivity index (χ4v) is 2.57. The number of imidazole rings is 1. The lowest BCUT2D eigenvalue weighted by Crippen LogP contribution is -2.29. The molecule has 2 N–H and O–H groups in total. The van der Waals surface area contributed by atoms with Crippen molar-refractivity contribution in [1.82, 2.24) is 9.55 Å². The molecule has 0 aliphatic carbocycles. The number of hydrogen-bond donors (Lipinski definition) is 1. The second kappa shape index (κ2) is 5.35. The van der Waals surface area contributed by atoms with Gasteiger partial charge in [0.1, 0.15) is 11.3 Å². The normalized spacial score (nSPS) is 12.3. The quantitative estimate of drug-likeness (QED) is 0.899. The largest absolute Gasteiger partial charge is 0.489 e. The molecule has 20 heavy (non-hydrogen) atoms. The Balaban J connectivity index is 2.66. The Morgan fingerprint density at radius 1 is 1.30 bits per heavy atom. The van der Waals surface area contributed by atoms with E-state index in [9.17, 15) is 0 Å². The van der Waals surface area contributed by atoms with Gasteiger partial charge in [0.15, 0.2) is 0 Å². The molecule has 110 valence electrons. The zero-order valence-electron chi connectivity index (χ0n) is 13.1. The second-order valence-corrected chi connectivity index (χ2v) is 5.80. The molecule has 0 aliphatic heterocycles. The van der Waals surface area contributed by atoms with Crippen LogP contribution in [0.2, 0.25) is 0 Å². The molecule has 0 amide bonds.